The van der Waals surface area contributed by atoms with E-state index in [4.69, 9.17) is 4.74 Å². The molecule has 4 rings (SSSR count). The number of benzene rings is 3. The molecule has 0 N–H and O–H groups in total. The predicted octanol–water partition coefficient (Wildman–Crippen LogP) is 5.43. The molecule has 0 spiro atoms. The summed E-state index contributed by atoms with van der Waals surface area (Å²) in [5.74, 6) is 0. The molecule has 3 aromatic carbocycles. The Balaban J connectivity index is 1.59. The molecule has 0 aromatic heterocycles. The fraction of sp³-hybridized carbons (Fsp3) is 0.200. The highest BCUT2D eigenvalue weighted by atomic mass is 16.5. The zero-order chi connectivity index (χ0) is 14.1. The number of fused-ring (bicyclic) bond motifs is 1. The fourth-order valence-corrected chi connectivity index (χ4v) is 3.20. The molecule has 1 nitrogen and oxygen atoms in total. The average Bonchev–Trinajstić information content (AvgIpc) is 3.05. The van der Waals surface area contributed by atoms with Gasteiger partial charge < -0.3 is 4.74 Å². The van der Waals surface area contributed by atoms with Crippen LogP contribution in [0.4, 0.5) is 0 Å². The van der Waals surface area contributed by atoms with Gasteiger partial charge in [-0.1, -0.05) is 66.7 Å². The van der Waals surface area contributed by atoms with Gasteiger partial charge in [-0.15, -0.1) is 0 Å². The summed E-state index contributed by atoms with van der Waals surface area (Å²) < 4.78 is 6.28. The van der Waals surface area contributed by atoms with Crippen LogP contribution in [0, 0.1) is 0 Å². The molecular weight excluding hydrogens is 256 g/mol. The highest BCUT2D eigenvalue weighted by molar-refractivity contribution is 5.83. The summed E-state index contributed by atoms with van der Waals surface area (Å²) in [6, 6.07) is 25.7. The highest BCUT2D eigenvalue weighted by Gasteiger charge is 2.27. The molecule has 0 bridgehead atoms. The maximum absolute atomic E-state index is 6.28. The molecule has 1 aliphatic rings. The molecule has 3 aromatic rings. The minimum atomic E-state index is 0.222. The van der Waals surface area contributed by atoms with E-state index in [1.165, 1.54) is 21.9 Å². The van der Waals surface area contributed by atoms with Crippen molar-refractivity contribution in [3.05, 3.63) is 83.9 Å². The Labute approximate surface area is 125 Å². The third kappa shape index (κ3) is 2.45. The Kier molecular flexibility index (Phi) is 3.21. The van der Waals surface area contributed by atoms with Crippen molar-refractivity contribution in [3.63, 3.8) is 0 Å². The van der Waals surface area contributed by atoms with Gasteiger partial charge in [0.15, 0.2) is 0 Å². The molecule has 2 atom stereocenters. The van der Waals surface area contributed by atoms with E-state index in [1.54, 1.807) is 0 Å². The first-order chi connectivity index (χ1) is 10.4. The molecule has 104 valence electrons. The maximum atomic E-state index is 6.28. The van der Waals surface area contributed by atoms with Gasteiger partial charge in [0.1, 0.15) is 0 Å². The van der Waals surface area contributed by atoms with E-state index in [9.17, 15) is 0 Å². The highest BCUT2D eigenvalue weighted by Crippen LogP contribution is 2.41. The maximum Gasteiger partial charge on any atom is 0.0834 e. The van der Waals surface area contributed by atoms with Crippen LogP contribution >= 0.6 is 0 Å². The lowest BCUT2D eigenvalue weighted by atomic mass is 10.0. The summed E-state index contributed by atoms with van der Waals surface area (Å²) >= 11 is 0. The van der Waals surface area contributed by atoms with Crippen molar-refractivity contribution in [2.24, 2.45) is 0 Å². The summed E-state index contributed by atoms with van der Waals surface area (Å²) in [4.78, 5) is 0. The Bertz CT molecular complexity index is 748. The topological polar surface area (TPSA) is 9.23 Å². The van der Waals surface area contributed by atoms with Crippen LogP contribution in [0.15, 0.2) is 72.8 Å². The van der Waals surface area contributed by atoms with E-state index in [0.29, 0.717) is 0 Å². The monoisotopic (exact) mass is 274 g/mol. The Hall–Kier alpha value is -2.12. The summed E-state index contributed by atoms with van der Waals surface area (Å²) in [6.07, 6.45) is 2.65. The third-order valence-corrected chi connectivity index (χ3v) is 4.34. The molecule has 0 amide bonds. The summed E-state index contributed by atoms with van der Waals surface area (Å²) in [7, 11) is 0. The Morgan fingerprint density at radius 2 is 1.29 bits per heavy atom. The van der Waals surface area contributed by atoms with Crippen LogP contribution in [-0.2, 0) is 4.74 Å². The van der Waals surface area contributed by atoms with Crippen molar-refractivity contribution in [3.8, 4) is 0 Å². The number of hydrogen-bond acceptors (Lipinski definition) is 1. The van der Waals surface area contributed by atoms with Crippen LogP contribution in [0.1, 0.15) is 36.2 Å². The minimum Gasteiger partial charge on any atom is -0.366 e. The van der Waals surface area contributed by atoms with Gasteiger partial charge in [-0.25, -0.2) is 0 Å². The summed E-state index contributed by atoms with van der Waals surface area (Å²) in [5.41, 5.74) is 2.59. The predicted molar refractivity (Wildman–Crippen MR) is 86.2 cm³/mol. The third-order valence-electron chi connectivity index (χ3n) is 4.34. The molecule has 0 radical (unpaired) electrons. The number of ether oxygens (including phenoxy) is 1. The van der Waals surface area contributed by atoms with Gasteiger partial charge in [-0.05, 0) is 40.8 Å². The second-order valence-corrected chi connectivity index (χ2v) is 5.71. The fourth-order valence-electron chi connectivity index (χ4n) is 3.20. The van der Waals surface area contributed by atoms with Crippen molar-refractivity contribution in [2.45, 2.75) is 25.0 Å². The molecule has 1 saturated heterocycles. The van der Waals surface area contributed by atoms with Crippen LogP contribution in [0.25, 0.3) is 10.8 Å². The minimum absolute atomic E-state index is 0.222. The first-order valence-corrected chi connectivity index (χ1v) is 7.59. The average molecular weight is 274 g/mol. The Morgan fingerprint density at radius 3 is 2.10 bits per heavy atom. The molecule has 0 aliphatic carbocycles. The standard InChI is InChI=1S/C20H18O/c1-2-7-16(8-3-1)19-12-13-20(21-19)18-11-10-15-6-4-5-9-17(15)14-18/h1-11,14,19-20H,12-13H2/t19-,20-/m1/s1. The van der Waals surface area contributed by atoms with E-state index in [-0.39, 0.29) is 12.2 Å². The molecule has 1 aliphatic heterocycles. The lowest BCUT2D eigenvalue weighted by Crippen LogP contribution is -1.99. The van der Waals surface area contributed by atoms with E-state index >= 15 is 0 Å². The largest absolute Gasteiger partial charge is 0.366 e. The van der Waals surface area contributed by atoms with Gasteiger partial charge in [-0.2, -0.15) is 0 Å². The van der Waals surface area contributed by atoms with E-state index < -0.39 is 0 Å². The van der Waals surface area contributed by atoms with Gasteiger partial charge in [0.2, 0.25) is 0 Å². The first kappa shape index (κ1) is 12.6. The smallest absolute Gasteiger partial charge is 0.0834 e. The Morgan fingerprint density at radius 1 is 0.619 bits per heavy atom. The molecule has 0 saturated carbocycles. The van der Waals surface area contributed by atoms with Crippen molar-refractivity contribution in [1.82, 2.24) is 0 Å². The van der Waals surface area contributed by atoms with Crippen LogP contribution in [-0.4, -0.2) is 0 Å². The lowest BCUT2D eigenvalue weighted by Gasteiger charge is -2.15. The lowest BCUT2D eigenvalue weighted by molar-refractivity contribution is 0.0442. The van der Waals surface area contributed by atoms with Crippen molar-refractivity contribution < 1.29 is 4.74 Å². The molecular formula is C20H18O. The zero-order valence-corrected chi connectivity index (χ0v) is 11.9. The molecule has 1 heterocycles. The first-order valence-electron chi connectivity index (χ1n) is 7.59. The van der Waals surface area contributed by atoms with Gasteiger partial charge in [0, 0.05) is 0 Å². The molecule has 1 fully saturated rings. The second kappa shape index (κ2) is 5.34. The zero-order valence-electron chi connectivity index (χ0n) is 11.9. The van der Waals surface area contributed by atoms with Crippen LogP contribution < -0.4 is 0 Å². The summed E-state index contributed by atoms with van der Waals surface area (Å²) in [5, 5.41) is 2.58. The second-order valence-electron chi connectivity index (χ2n) is 5.71. The van der Waals surface area contributed by atoms with Gasteiger partial charge in [-0.3, -0.25) is 0 Å². The normalized spacial score (nSPS) is 21.7. The quantitative estimate of drug-likeness (QED) is 0.605. The van der Waals surface area contributed by atoms with Crippen molar-refractivity contribution in [2.75, 3.05) is 0 Å². The van der Waals surface area contributed by atoms with E-state index in [1.807, 2.05) is 0 Å². The molecule has 0 unspecified atom stereocenters. The summed E-state index contributed by atoms with van der Waals surface area (Å²) in [6.45, 7) is 0. The van der Waals surface area contributed by atoms with Crippen molar-refractivity contribution >= 4 is 10.8 Å². The number of hydrogen-bond donors (Lipinski definition) is 0. The van der Waals surface area contributed by atoms with Gasteiger partial charge in [0.25, 0.3) is 0 Å². The van der Waals surface area contributed by atoms with Crippen LogP contribution in [0.3, 0.4) is 0 Å². The SMILES string of the molecule is c1ccc([C@H]2CC[C@H](c3ccc4ccccc4c3)O2)cc1. The van der Waals surface area contributed by atoms with Gasteiger partial charge in [0.05, 0.1) is 12.2 Å². The van der Waals surface area contributed by atoms with Crippen molar-refractivity contribution in [1.29, 1.82) is 0 Å². The molecule has 1 heteroatoms. The van der Waals surface area contributed by atoms with E-state index in [2.05, 4.69) is 72.8 Å². The van der Waals surface area contributed by atoms with Gasteiger partial charge >= 0.3 is 0 Å². The van der Waals surface area contributed by atoms with Crippen LogP contribution in [0.5, 0.6) is 0 Å². The van der Waals surface area contributed by atoms with Crippen LogP contribution in [0.2, 0.25) is 0 Å². The molecule has 21 heavy (non-hydrogen) atoms. The number of rotatable bonds is 2. The van der Waals surface area contributed by atoms with E-state index in [0.717, 1.165) is 12.8 Å².